The van der Waals surface area contributed by atoms with Gasteiger partial charge in [0.25, 0.3) is 0 Å². The van der Waals surface area contributed by atoms with Gasteiger partial charge in [0.05, 0.1) is 24.3 Å². The Morgan fingerprint density at radius 1 is 0.636 bits per heavy atom. The number of fused-ring (bicyclic) bond motifs is 3. The molecule has 4 aromatic rings. The molecule has 222 valence electrons. The van der Waals surface area contributed by atoms with Crippen LogP contribution in [0.4, 0.5) is 0 Å². The summed E-state index contributed by atoms with van der Waals surface area (Å²) in [6.07, 6.45) is 0.152. The van der Waals surface area contributed by atoms with Crippen molar-refractivity contribution in [1.29, 1.82) is 0 Å². The first-order valence-electron chi connectivity index (χ1n) is 13.9. The molecule has 2 aliphatic heterocycles. The van der Waals surface area contributed by atoms with E-state index < -0.39 is 42.3 Å². The quantitative estimate of drug-likeness (QED) is 0.0794. The number of rotatable bonds is 9. The molecule has 4 atom stereocenters. The molecule has 2 saturated heterocycles. The van der Waals surface area contributed by atoms with Crippen LogP contribution in [0.3, 0.4) is 0 Å². The summed E-state index contributed by atoms with van der Waals surface area (Å²) in [5.74, 6) is -0.180. The Bertz CT molecular complexity index is 1690. The molecule has 0 radical (unpaired) electrons. The van der Waals surface area contributed by atoms with E-state index in [0.717, 1.165) is 27.6 Å². The summed E-state index contributed by atoms with van der Waals surface area (Å²) < 4.78 is 34.0. The first-order valence-corrected chi connectivity index (χ1v) is 13.9. The van der Waals surface area contributed by atoms with Gasteiger partial charge in [0.1, 0.15) is 29.5 Å². The minimum Gasteiger partial charge on any atom is -0.458 e. The second-order valence-corrected chi connectivity index (χ2v) is 10.3. The first kappa shape index (κ1) is 28.9. The number of carbonyl (C=O) groups excluding carboxylic acids is 3. The normalized spacial score (nSPS) is 20.5. The van der Waals surface area contributed by atoms with Crippen LogP contribution in [-0.2, 0) is 23.7 Å². The largest absolute Gasteiger partial charge is 0.458 e. The van der Waals surface area contributed by atoms with Crippen LogP contribution >= 0.6 is 0 Å². The molecule has 0 amide bonds. The molecular weight excluding hydrogens is 564 g/mol. The van der Waals surface area contributed by atoms with E-state index in [-0.39, 0.29) is 13.2 Å². The zero-order chi connectivity index (χ0) is 30.8. The van der Waals surface area contributed by atoms with Gasteiger partial charge in [-0.2, -0.15) is 0 Å². The molecular formula is C35H28O9. The van der Waals surface area contributed by atoms with Gasteiger partial charge in [-0.05, 0) is 76.2 Å². The molecule has 4 aromatic carbocycles. The van der Waals surface area contributed by atoms with Crippen LogP contribution in [0.25, 0.3) is 21.5 Å². The molecule has 0 aliphatic carbocycles. The average molecular weight is 593 g/mol. The molecule has 0 bridgehead atoms. The van der Waals surface area contributed by atoms with Crippen LogP contribution in [0, 0.1) is 0 Å². The van der Waals surface area contributed by atoms with Gasteiger partial charge in [0, 0.05) is 6.08 Å². The predicted molar refractivity (Wildman–Crippen MR) is 162 cm³/mol. The smallest absolute Gasteiger partial charge is 0.338 e. The van der Waals surface area contributed by atoms with Crippen molar-refractivity contribution >= 4 is 39.5 Å². The van der Waals surface area contributed by atoms with Gasteiger partial charge in [-0.25, -0.2) is 14.4 Å². The predicted octanol–water partition coefficient (Wildman–Crippen LogP) is 5.71. The molecule has 0 N–H and O–H groups in total. The van der Waals surface area contributed by atoms with Crippen LogP contribution in [0.15, 0.2) is 110 Å². The summed E-state index contributed by atoms with van der Waals surface area (Å²) in [5, 5.41) is 3.27. The standard InChI is InChI=1S/C35H28O9/c1-4-20(3)41-27-12-10-21-14-25(8-6-23(21)16-27)34(37)43-29-18-39-33-30(19-40-32(29)33)44-35(38)26-9-7-24-17-28(42-31(36)5-2)13-11-22(24)15-26/h4-17,29-30,32-33H,1-3,18-19H2/t29-,30+,32+,33+/m0/s1. The van der Waals surface area contributed by atoms with Gasteiger partial charge in [0.2, 0.25) is 0 Å². The van der Waals surface area contributed by atoms with Gasteiger partial charge in [-0.15, -0.1) is 0 Å². The Hall–Kier alpha value is -5.25. The minimum atomic E-state index is -0.665. The van der Waals surface area contributed by atoms with Crippen molar-refractivity contribution in [3.8, 4) is 11.5 Å². The maximum absolute atomic E-state index is 13.0. The Morgan fingerprint density at radius 2 is 1.09 bits per heavy atom. The molecule has 0 spiro atoms. The molecule has 0 aromatic heterocycles. The first-order chi connectivity index (χ1) is 21.3. The molecule has 9 nitrogen and oxygen atoms in total. The van der Waals surface area contributed by atoms with Crippen LogP contribution in [0.2, 0.25) is 0 Å². The van der Waals surface area contributed by atoms with Gasteiger partial charge in [-0.3, -0.25) is 0 Å². The molecule has 2 heterocycles. The van der Waals surface area contributed by atoms with Crippen LogP contribution in [0.1, 0.15) is 20.7 Å². The van der Waals surface area contributed by atoms with Crippen LogP contribution in [-0.4, -0.2) is 55.5 Å². The lowest BCUT2D eigenvalue weighted by atomic mass is 10.1. The molecule has 0 saturated carbocycles. The average Bonchev–Trinajstić information content (AvgIpc) is 3.63. The SMILES string of the molecule is C=CC(=C)Oc1ccc2cc(C(=O)O[C@H]3CO[C@H]4[C@@H]3OC[C@H]4OC(=O)c3ccc4cc(OC(=O)C=C)ccc4c3)ccc2c1. The second kappa shape index (κ2) is 12.2. The van der Waals surface area contributed by atoms with Crippen molar-refractivity contribution in [2.75, 3.05) is 13.2 Å². The molecule has 44 heavy (non-hydrogen) atoms. The highest BCUT2D eigenvalue weighted by atomic mass is 16.7. The van der Waals surface area contributed by atoms with E-state index in [1.165, 1.54) is 6.08 Å². The lowest BCUT2D eigenvalue weighted by Crippen LogP contribution is -2.36. The fourth-order valence-electron chi connectivity index (χ4n) is 5.22. The van der Waals surface area contributed by atoms with Gasteiger partial charge in [0.15, 0.2) is 12.2 Å². The summed E-state index contributed by atoms with van der Waals surface area (Å²) in [7, 11) is 0. The second-order valence-electron chi connectivity index (χ2n) is 10.3. The highest BCUT2D eigenvalue weighted by Gasteiger charge is 2.51. The number of allylic oxidation sites excluding steroid dienone is 1. The Balaban J connectivity index is 1.07. The lowest BCUT2D eigenvalue weighted by Gasteiger charge is -2.17. The Labute approximate surface area is 252 Å². The van der Waals surface area contributed by atoms with Crippen molar-refractivity contribution in [2.45, 2.75) is 24.4 Å². The van der Waals surface area contributed by atoms with Gasteiger partial charge in [-0.1, -0.05) is 44.0 Å². The molecule has 0 unspecified atom stereocenters. The lowest BCUT2D eigenvalue weighted by molar-refractivity contribution is -0.128. The van der Waals surface area contributed by atoms with E-state index in [1.54, 1.807) is 54.6 Å². The summed E-state index contributed by atoms with van der Waals surface area (Å²) in [4.78, 5) is 37.5. The molecule has 2 aliphatic rings. The highest BCUT2D eigenvalue weighted by molar-refractivity contribution is 5.97. The van der Waals surface area contributed by atoms with Crippen molar-refractivity contribution in [3.05, 3.63) is 122 Å². The van der Waals surface area contributed by atoms with E-state index in [0.29, 0.717) is 28.4 Å². The van der Waals surface area contributed by atoms with Gasteiger partial charge < -0.3 is 28.4 Å². The number of benzene rings is 4. The third-order valence-corrected chi connectivity index (χ3v) is 7.44. The molecule has 2 fully saturated rings. The molecule has 9 heteroatoms. The maximum atomic E-state index is 13.0. The molecule has 6 rings (SSSR count). The van der Waals surface area contributed by atoms with E-state index >= 15 is 0 Å². The topological polar surface area (TPSA) is 107 Å². The monoisotopic (exact) mass is 592 g/mol. The van der Waals surface area contributed by atoms with Crippen molar-refractivity contribution in [1.82, 2.24) is 0 Å². The number of carbonyl (C=O) groups is 3. The Morgan fingerprint density at radius 3 is 1.57 bits per heavy atom. The zero-order valence-corrected chi connectivity index (χ0v) is 23.6. The van der Waals surface area contributed by atoms with E-state index in [9.17, 15) is 14.4 Å². The number of hydrogen-bond acceptors (Lipinski definition) is 9. The number of esters is 3. The summed E-state index contributed by atoms with van der Waals surface area (Å²) in [6.45, 7) is 11.0. The highest BCUT2D eigenvalue weighted by Crippen LogP contribution is 2.32. The fraction of sp³-hybridized carbons (Fsp3) is 0.171. The summed E-state index contributed by atoms with van der Waals surface area (Å²) in [6, 6.07) is 20.9. The van der Waals surface area contributed by atoms with Crippen molar-refractivity contribution in [3.63, 3.8) is 0 Å². The maximum Gasteiger partial charge on any atom is 0.338 e. The van der Waals surface area contributed by atoms with E-state index in [1.807, 2.05) is 18.2 Å². The van der Waals surface area contributed by atoms with Crippen LogP contribution in [0.5, 0.6) is 11.5 Å². The van der Waals surface area contributed by atoms with Crippen LogP contribution < -0.4 is 9.47 Å². The van der Waals surface area contributed by atoms with Gasteiger partial charge >= 0.3 is 17.9 Å². The Kier molecular flexibility index (Phi) is 7.97. The summed E-state index contributed by atoms with van der Waals surface area (Å²) in [5.41, 5.74) is 0.728. The number of ether oxygens (including phenoxy) is 6. The third-order valence-electron chi connectivity index (χ3n) is 7.44. The zero-order valence-electron chi connectivity index (χ0n) is 23.6. The summed E-state index contributed by atoms with van der Waals surface area (Å²) >= 11 is 0. The third kappa shape index (κ3) is 5.96. The van der Waals surface area contributed by atoms with E-state index in [4.69, 9.17) is 28.4 Å². The van der Waals surface area contributed by atoms with Crippen molar-refractivity contribution < 1.29 is 42.8 Å². The number of hydrogen-bond donors (Lipinski definition) is 0. The van der Waals surface area contributed by atoms with E-state index in [2.05, 4.69) is 19.7 Å². The van der Waals surface area contributed by atoms with Crippen molar-refractivity contribution in [2.24, 2.45) is 0 Å². The fourth-order valence-corrected chi connectivity index (χ4v) is 5.22. The minimum absolute atomic E-state index is 0.111.